The molecule has 136 valence electrons. The van der Waals surface area contributed by atoms with E-state index in [1.165, 1.54) is 77.0 Å². The zero-order valence-electron chi connectivity index (χ0n) is 15.3. The fourth-order valence-corrected chi connectivity index (χ4v) is 3.43. The standard InChI is InChI=1S/C20H38O3/c1-2-3-4-5-6-7-8-9-10-11-12-13-14-15-16-20(19(21)22)17-18-23-20/h2-18H2,1H3,(H,21,22). The number of ether oxygens (including phenoxy) is 1. The van der Waals surface area contributed by atoms with Crippen molar-refractivity contribution in [1.82, 2.24) is 0 Å². The molecule has 1 N–H and O–H groups in total. The van der Waals surface area contributed by atoms with Crippen LogP contribution >= 0.6 is 0 Å². The Hall–Kier alpha value is -0.570. The average molecular weight is 327 g/mol. The van der Waals surface area contributed by atoms with E-state index in [4.69, 9.17) is 9.84 Å². The van der Waals surface area contributed by atoms with Gasteiger partial charge in [0, 0.05) is 6.42 Å². The van der Waals surface area contributed by atoms with Crippen molar-refractivity contribution in [3.63, 3.8) is 0 Å². The first-order valence-electron chi connectivity index (χ1n) is 10.1. The summed E-state index contributed by atoms with van der Waals surface area (Å²) < 4.78 is 5.29. The van der Waals surface area contributed by atoms with Crippen LogP contribution in [0.2, 0.25) is 0 Å². The van der Waals surface area contributed by atoms with E-state index in [1.807, 2.05) is 0 Å². The van der Waals surface area contributed by atoms with E-state index < -0.39 is 11.6 Å². The highest BCUT2D eigenvalue weighted by Gasteiger charge is 2.45. The van der Waals surface area contributed by atoms with Crippen molar-refractivity contribution in [2.75, 3.05) is 6.61 Å². The molecule has 1 atom stereocenters. The van der Waals surface area contributed by atoms with Crippen LogP contribution < -0.4 is 0 Å². The second-order valence-electron chi connectivity index (χ2n) is 7.24. The van der Waals surface area contributed by atoms with Gasteiger partial charge in [0.25, 0.3) is 0 Å². The van der Waals surface area contributed by atoms with Crippen LogP contribution in [-0.2, 0) is 9.53 Å². The van der Waals surface area contributed by atoms with E-state index in [0.29, 0.717) is 19.4 Å². The molecule has 0 saturated carbocycles. The molecule has 0 radical (unpaired) electrons. The van der Waals surface area contributed by atoms with E-state index in [9.17, 15) is 4.79 Å². The molecule has 1 aliphatic heterocycles. The van der Waals surface area contributed by atoms with E-state index >= 15 is 0 Å². The van der Waals surface area contributed by atoms with Crippen LogP contribution in [0.25, 0.3) is 0 Å². The van der Waals surface area contributed by atoms with Gasteiger partial charge < -0.3 is 9.84 Å². The minimum absolute atomic E-state index is 0.616. The Balaban J connectivity index is 1.77. The molecule has 1 saturated heterocycles. The Morgan fingerprint density at radius 3 is 1.52 bits per heavy atom. The molecular formula is C20H38O3. The van der Waals surface area contributed by atoms with E-state index in [0.717, 1.165) is 12.8 Å². The van der Waals surface area contributed by atoms with Crippen molar-refractivity contribution < 1.29 is 14.6 Å². The summed E-state index contributed by atoms with van der Waals surface area (Å²) in [5.41, 5.74) is -0.822. The molecule has 0 aromatic heterocycles. The highest BCUT2D eigenvalue weighted by molar-refractivity contribution is 5.78. The summed E-state index contributed by atoms with van der Waals surface area (Å²) in [5.74, 6) is -0.765. The summed E-state index contributed by atoms with van der Waals surface area (Å²) in [5, 5.41) is 9.16. The van der Waals surface area contributed by atoms with Gasteiger partial charge in [-0.1, -0.05) is 90.4 Å². The van der Waals surface area contributed by atoms with Crippen LogP contribution in [0.3, 0.4) is 0 Å². The van der Waals surface area contributed by atoms with E-state index in [-0.39, 0.29) is 0 Å². The summed E-state index contributed by atoms with van der Waals surface area (Å²) in [7, 11) is 0. The van der Waals surface area contributed by atoms with Gasteiger partial charge in [0.15, 0.2) is 5.60 Å². The van der Waals surface area contributed by atoms with E-state index in [1.54, 1.807) is 0 Å². The smallest absolute Gasteiger partial charge is 0.336 e. The van der Waals surface area contributed by atoms with Gasteiger partial charge >= 0.3 is 5.97 Å². The Kier molecular flexibility index (Phi) is 11.4. The summed E-state index contributed by atoms with van der Waals surface area (Å²) in [4.78, 5) is 11.1. The van der Waals surface area contributed by atoms with Gasteiger partial charge in [-0.3, -0.25) is 0 Å². The van der Waals surface area contributed by atoms with Gasteiger partial charge in [-0.25, -0.2) is 4.79 Å². The molecule has 0 aromatic carbocycles. The SMILES string of the molecule is CCCCCCCCCCCCCCCCC1(C(=O)O)CCO1. The van der Waals surface area contributed by atoms with Crippen molar-refractivity contribution in [2.45, 2.75) is 115 Å². The van der Waals surface area contributed by atoms with E-state index in [2.05, 4.69) is 6.92 Å². The molecule has 0 aliphatic carbocycles. The van der Waals surface area contributed by atoms with Crippen molar-refractivity contribution >= 4 is 5.97 Å². The van der Waals surface area contributed by atoms with Crippen LogP contribution in [0.4, 0.5) is 0 Å². The number of rotatable bonds is 16. The number of aliphatic carboxylic acids is 1. The van der Waals surface area contributed by atoms with Gasteiger partial charge in [-0.2, -0.15) is 0 Å². The first-order valence-corrected chi connectivity index (χ1v) is 10.1. The van der Waals surface area contributed by atoms with Gasteiger partial charge in [0.05, 0.1) is 6.61 Å². The molecule has 1 aliphatic rings. The fraction of sp³-hybridized carbons (Fsp3) is 0.950. The number of hydrogen-bond donors (Lipinski definition) is 1. The molecule has 1 fully saturated rings. The molecule has 23 heavy (non-hydrogen) atoms. The van der Waals surface area contributed by atoms with Crippen LogP contribution in [-0.4, -0.2) is 23.3 Å². The maximum atomic E-state index is 11.1. The lowest BCUT2D eigenvalue weighted by molar-refractivity contribution is -0.196. The van der Waals surface area contributed by atoms with Crippen molar-refractivity contribution in [3.8, 4) is 0 Å². The Labute approximate surface area is 143 Å². The monoisotopic (exact) mass is 326 g/mol. The molecular weight excluding hydrogens is 288 g/mol. The third kappa shape index (κ3) is 8.74. The zero-order valence-corrected chi connectivity index (χ0v) is 15.3. The topological polar surface area (TPSA) is 46.5 Å². The molecule has 0 amide bonds. The predicted octanol–water partition coefficient (Wildman–Crippen LogP) is 6.10. The third-order valence-electron chi connectivity index (χ3n) is 5.21. The zero-order chi connectivity index (χ0) is 16.8. The van der Waals surface area contributed by atoms with Gasteiger partial charge in [0.1, 0.15) is 0 Å². The second kappa shape index (κ2) is 12.8. The Bertz CT molecular complexity index is 297. The van der Waals surface area contributed by atoms with Crippen LogP contribution in [0.5, 0.6) is 0 Å². The molecule has 3 heteroatoms. The molecule has 1 heterocycles. The maximum Gasteiger partial charge on any atom is 0.336 e. The lowest BCUT2D eigenvalue weighted by atomic mass is 9.88. The fourth-order valence-electron chi connectivity index (χ4n) is 3.43. The largest absolute Gasteiger partial charge is 0.479 e. The Morgan fingerprint density at radius 2 is 1.22 bits per heavy atom. The number of unbranched alkanes of at least 4 members (excludes halogenated alkanes) is 13. The van der Waals surface area contributed by atoms with Gasteiger partial charge in [0.2, 0.25) is 0 Å². The molecule has 0 spiro atoms. The average Bonchev–Trinajstić information content (AvgIpc) is 2.49. The lowest BCUT2D eigenvalue weighted by Gasteiger charge is -2.37. The molecule has 0 bridgehead atoms. The number of carboxylic acid groups (broad SMARTS) is 1. The molecule has 0 aromatic rings. The first-order chi connectivity index (χ1) is 11.2. The molecule has 1 unspecified atom stereocenters. The molecule has 1 rings (SSSR count). The summed E-state index contributed by atoms with van der Waals surface area (Å²) in [6, 6.07) is 0. The number of hydrogen-bond acceptors (Lipinski definition) is 2. The lowest BCUT2D eigenvalue weighted by Crippen LogP contribution is -2.50. The van der Waals surface area contributed by atoms with Gasteiger partial charge in [-0.05, 0) is 12.8 Å². The Morgan fingerprint density at radius 1 is 0.826 bits per heavy atom. The third-order valence-corrected chi connectivity index (χ3v) is 5.21. The van der Waals surface area contributed by atoms with Crippen molar-refractivity contribution in [1.29, 1.82) is 0 Å². The summed E-state index contributed by atoms with van der Waals surface area (Å²) >= 11 is 0. The van der Waals surface area contributed by atoms with Crippen molar-refractivity contribution in [2.24, 2.45) is 0 Å². The summed E-state index contributed by atoms with van der Waals surface area (Å²) in [6.45, 7) is 2.89. The maximum absolute atomic E-state index is 11.1. The number of carbonyl (C=O) groups is 1. The minimum atomic E-state index is -0.822. The summed E-state index contributed by atoms with van der Waals surface area (Å²) in [6.07, 6.45) is 20.0. The number of carboxylic acids is 1. The van der Waals surface area contributed by atoms with Crippen LogP contribution in [0, 0.1) is 0 Å². The normalized spacial score (nSPS) is 20.4. The highest BCUT2D eigenvalue weighted by Crippen LogP contribution is 2.32. The predicted molar refractivity (Wildman–Crippen MR) is 95.9 cm³/mol. The van der Waals surface area contributed by atoms with Gasteiger partial charge in [-0.15, -0.1) is 0 Å². The van der Waals surface area contributed by atoms with Crippen LogP contribution in [0.15, 0.2) is 0 Å². The molecule has 3 nitrogen and oxygen atoms in total. The van der Waals surface area contributed by atoms with Crippen LogP contribution in [0.1, 0.15) is 110 Å². The van der Waals surface area contributed by atoms with Crippen molar-refractivity contribution in [3.05, 3.63) is 0 Å². The second-order valence-corrected chi connectivity index (χ2v) is 7.24. The first kappa shape index (κ1) is 20.5. The quantitative estimate of drug-likeness (QED) is 0.348. The highest BCUT2D eigenvalue weighted by atomic mass is 16.5. The minimum Gasteiger partial charge on any atom is -0.479 e.